The number of esters is 1. The van der Waals surface area contributed by atoms with Crippen molar-refractivity contribution in [1.82, 2.24) is 9.88 Å². The number of nitrogens with one attached hydrogen (secondary N) is 1. The van der Waals surface area contributed by atoms with Gasteiger partial charge in [0.25, 0.3) is 5.56 Å². The van der Waals surface area contributed by atoms with Crippen molar-refractivity contribution in [2.24, 2.45) is 0 Å². The molecule has 1 heterocycles. The molecule has 0 radical (unpaired) electrons. The van der Waals surface area contributed by atoms with Gasteiger partial charge < -0.3 is 14.8 Å². The van der Waals surface area contributed by atoms with Gasteiger partial charge in [0.2, 0.25) is 5.91 Å². The van der Waals surface area contributed by atoms with Crippen molar-refractivity contribution >= 4 is 35.4 Å². The normalized spacial score (nSPS) is 12.8. The van der Waals surface area contributed by atoms with Crippen LogP contribution in [0.4, 0.5) is 13.2 Å². The Morgan fingerprint density at radius 3 is 2.48 bits per heavy atom. The van der Waals surface area contributed by atoms with Gasteiger partial charge in [0, 0.05) is 13.7 Å². The Bertz CT molecular complexity index is 1090. The number of thiazole rings is 1. The highest BCUT2D eigenvalue weighted by molar-refractivity contribution is 7.07. The third-order valence-corrected chi connectivity index (χ3v) is 4.99. The van der Waals surface area contributed by atoms with E-state index in [4.69, 9.17) is 9.47 Å². The second-order valence-electron chi connectivity index (χ2n) is 6.20. The Morgan fingerprint density at radius 1 is 1.23 bits per heavy atom. The van der Waals surface area contributed by atoms with Gasteiger partial charge in [0.15, 0.2) is 0 Å². The first kappa shape index (κ1) is 24.4. The first-order valence-corrected chi connectivity index (χ1v) is 10.00. The SMILES string of the molecule is CCOC(=O)/C=c1\s/c(=C\c2ccc(C(F)(F)F)cc2)c(=O)n1CC(=O)NCCOC. The quantitative estimate of drug-likeness (QED) is 0.469. The summed E-state index contributed by atoms with van der Waals surface area (Å²) in [6.45, 7) is 1.95. The Balaban J connectivity index is 2.45. The van der Waals surface area contributed by atoms with Gasteiger partial charge in [-0.25, -0.2) is 4.79 Å². The number of carbonyl (C=O) groups is 2. The standard InChI is InChI=1S/C20H21F3N2O5S/c1-3-30-18(27)11-17-25(12-16(26)24-8-9-29-2)19(28)15(31-17)10-13-4-6-14(7-5-13)20(21,22)23/h4-7,10-11H,3,8-9,12H2,1-2H3,(H,24,26)/b15-10-,17-11-. The van der Waals surface area contributed by atoms with Gasteiger partial charge in [0.1, 0.15) is 11.2 Å². The van der Waals surface area contributed by atoms with E-state index in [2.05, 4.69) is 5.32 Å². The lowest BCUT2D eigenvalue weighted by Gasteiger charge is -2.05. The zero-order valence-electron chi connectivity index (χ0n) is 16.8. The topological polar surface area (TPSA) is 86.6 Å². The van der Waals surface area contributed by atoms with E-state index < -0.39 is 29.2 Å². The molecule has 0 bridgehead atoms. The number of rotatable bonds is 8. The first-order chi connectivity index (χ1) is 14.7. The van der Waals surface area contributed by atoms with E-state index in [1.165, 1.54) is 25.3 Å². The molecular weight excluding hydrogens is 437 g/mol. The number of benzene rings is 1. The first-order valence-electron chi connectivity index (χ1n) is 9.18. The maximum atomic E-state index is 12.8. The van der Waals surface area contributed by atoms with Gasteiger partial charge >= 0.3 is 12.1 Å². The number of carbonyl (C=O) groups excluding carboxylic acids is 2. The molecule has 2 rings (SSSR count). The minimum atomic E-state index is -4.47. The molecule has 0 atom stereocenters. The average Bonchev–Trinajstić information content (AvgIpc) is 2.97. The largest absolute Gasteiger partial charge is 0.463 e. The summed E-state index contributed by atoms with van der Waals surface area (Å²) >= 11 is 0.927. The van der Waals surface area contributed by atoms with Crippen LogP contribution in [-0.2, 0) is 31.8 Å². The van der Waals surface area contributed by atoms with E-state index in [-0.39, 0.29) is 28.9 Å². The number of methoxy groups -OCH3 is 1. The molecule has 0 saturated heterocycles. The van der Waals surface area contributed by atoms with Crippen molar-refractivity contribution < 1.29 is 32.2 Å². The molecule has 1 aromatic carbocycles. The summed E-state index contributed by atoms with van der Waals surface area (Å²) in [5, 5.41) is 2.58. The van der Waals surface area contributed by atoms with Crippen LogP contribution in [0.1, 0.15) is 18.1 Å². The molecule has 1 aromatic heterocycles. The summed E-state index contributed by atoms with van der Waals surface area (Å²) in [4.78, 5) is 36.8. The summed E-state index contributed by atoms with van der Waals surface area (Å²) in [6.07, 6.45) is -1.97. The number of amides is 1. The molecule has 0 aliphatic carbocycles. The van der Waals surface area contributed by atoms with Crippen LogP contribution < -0.4 is 20.1 Å². The fraction of sp³-hybridized carbons (Fsp3) is 0.350. The highest BCUT2D eigenvalue weighted by atomic mass is 32.1. The van der Waals surface area contributed by atoms with E-state index in [0.717, 1.165) is 34.1 Å². The van der Waals surface area contributed by atoms with Crippen molar-refractivity contribution in [2.75, 3.05) is 26.9 Å². The van der Waals surface area contributed by atoms with Crippen LogP contribution in [0.15, 0.2) is 29.1 Å². The smallest absolute Gasteiger partial charge is 0.416 e. The molecule has 31 heavy (non-hydrogen) atoms. The molecule has 0 aliphatic heterocycles. The summed E-state index contributed by atoms with van der Waals surface area (Å²) in [5.41, 5.74) is -0.995. The van der Waals surface area contributed by atoms with Crippen LogP contribution in [0.25, 0.3) is 12.2 Å². The maximum Gasteiger partial charge on any atom is 0.416 e. The number of ether oxygens (including phenoxy) is 2. The molecule has 0 unspecified atom stereocenters. The van der Waals surface area contributed by atoms with E-state index in [1.54, 1.807) is 6.92 Å². The average molecular weight is 458 g/mol. The summed E-state index contributed by atoms with van der Waals surface area (Å²) in [5.74, 6) is -1.14. The summed E-state index contributed by atoms with van der Waals surface area (Å²) in [7, 11) is 1.48. The number of halogens is 3. The second-order valence-corrected chi connectivity index (χ2v) is 7.26. The van der Waals surface area contributed by atoms with Crippen LogP contribution in [0.2, 0.25) is 0 Å². The van der Waals surface area contributed by atoms with Gasteiger partial charge in [0.05, 0.1) is 29.4 Å². The third-order valence-electron chi connectivity index (χ3n) is 3.93. The van der Waals surface area contributed by atoms with Crippen molar-refractivity contribution in [3.63, 3.8) is 0 Å². The van der Waals surface area contributed by atoms with Crippen LogP contribution in [-0.4, -0.2) is 43.3 Å². The number of hydrogen-bond donors (Lipinski definition) is 1. The zero-order valence-corrected chi connectivity index (χ0v) is 17.6. The molecule has 0 spiro atoms. The molecule has 1 amide bonds. The molecule has 168 valence electrons. The van der Waals surface area contributed by atoms with Crippen molar-refractivity contribution in [1.29, 1.82) is 0 Å². The van der Waals surface area contributed by atoms with Gasteiger partial charge in [-0.15, -0.1) is 11.3 Å². The zero-order chi connectivity index (χ0) is 23.0. The van der Waals surface area contributed by atoms with Gasteiger partial charge in [-0.3, -0.25) is 14.2 Å². The number of hydrogen-bond acceptors (Lipinski definition) is 6. The highest BCUT2D eigenvalue weighted by Gasteiger charge is 2.29. The molecular formula is C20H21F3N2O5S. The van der Waals surface area contributed by atoms with Crippen LogP contribution in [0.5, 0.6) is 0 Å². The van der Waals surface area contributed by atoms with Crippen LogP contribution in [0, 0.1) is 0 Å². The number of aromatic nitrogens is 1. The van der Waals surface area contributed by atoms with E-state index in [9.17, 15) is 27.6 Å². The molecule has 1 N–H and O–H groups in total. The molecule has 0 saturated carbocycles. The fourth-order valence-electron chi connectivity index (χ4n) is 2.49. The van der Waals surface area contributed by atoms with E-state index in [1.807, 2.05) is 0 Å². The van der Waals surface area contributed by atoms with Crippen LogP contribution in [0.3, 0.4) is 0 Å². The van der Waals surface area contributed by atoms with Crippen molar-refractivity contribution in [3.8, 4) is 0 Å². The Morgan fingerprint density at radius 2 is 1.90 bits per heavy atom. The monoisotopic (exact) mass is 458 g/mol. The number of alkyl halides is 3. The lowest BCUT2D eigenvalue weighted by molar-refractivity contribution is -0.137. The Labute approximate surface area is 179 Å². The van der Waals surface area contributed by atoms with Gasteiger partial charge in [-0.2, -0.15) is 13.2 Å². The molecule has 0 aliphatic rings. The third kappa shape index (κ3) is 7.07. The number of nitrogens with zero attached hydrogens (tertiary/aromatic N) is 1. The lowest BCUT2D eigenvalue weighted by atomic mass is 10.1. The maximum absolute atomic E-state index is 12.8. The molecule has 0 fully saturated rings. The summed E-state index contributed by atoms with van der Waals surface area (Å²) in [6, 6.07) is 4.29. The minimum Gasteiger partial charge on any atom is -0.463 e. The van der Waals surface area contributed by atoms with E-state index >= 15 is 0 Å². The van der Waals surface area contributed by atoms with Crippen LogP contribution >= 0.6 is 11.3 Å². The van der Waals surface area contributed by atoms with Crippen molar-refractivity contribution in [2.45, 2.75) is 19.6 Å². The predicted molar refractivity (Wildman–Crippen MR) is 109 cm³/mol. The highest BCUT2D eigenvalue weighted by Crippen LogP contribution is 2.29. The summed E-state index contributed by atoms with van der Waals surface area (Å²) < 4.78 is 49.3. The second kappa shape index (κ2) is 10.9. The van der Waals surface area contributed by atoms with Gasteiger partial charge in [-0.1, -0.05) is 12.1 Å². The lowest BCUT2D eigenvalue weighted by Crippen LogP contribution is -2.39. The molecule has 7 nitrogen and oxygen atoms in total. The predicted octanol–water partition coefficient (Wildman–Crippen LogP) is 0.864. The fourth-order valence-corrected chi connectivity index (χ4v) is 3.52. The minimum absolute atomic E-state index is 0.132. The van der Waals surface area contributed by atoms with Gasteiger partial charge in [-0.05, 0) is 30.7 Å². The Kier molecular flexibility index (Phi) is 8.57. The van der Waals surface area contributed by atoms with E-state index in [0.29, 0.717) is 12.2 Å². The molecule has 11 heteroatoms. The Hall–Kier alpha value is -2.92. The van der Waals surface area contributed by atoms with Crippen molar-refractivity contribution in [3.05, 3.63) is 54.9 Å². The molecule has 2 aromatic rings.